The van der Waals surface area contributed by atoms with Gasteiger partial charge in [0.15, 0.2) is 5.60 Å². The summed E-state index contributed by atoms with van der Waals surface area (Å²) in [6, 6.07) is 11.3. The third-order valence-corrected chi connectivity index (χ3v) is 5.37. The molecule has 2 aliphatic heterocycles. The van der Waals surface area contributed by atoms with Crippen molar-refractivity contribution in [2.45, 2.75) is 38.3 Å². The Morgan fingerprint density at radius 3 is 2.97 bits per heavy atom. The highest BCUT2D eigenvalue weighted by atomic mass is 16.7. The Balaban J connectivity index is 1.37. The van der Waals surface area contributed by atoms with Gasteiger partial charge in [0.2, 0.25) is 0 Å². The van der Waals surface area contributed by atoms with Crippen molar-refractivity contribution >= 4 is 17.5 Å². The topological polar surface area (TPSA) is 83.9 Å². The molecule has 3 heterocycles. The van der Waals surface area contributed by atoms with Gasteiger partial charge in [0, 0.05) is 37.5 Å². The number of aryl methyl sites for hydroxylation is 1. The largest absolute Gasteiger partial charge is 0.386 e. The van der Waals surface area contributed by atoms with E-state index >= 15 is 0 Å². The van der Waals surface area contributed by atoms with E-state index in [1.165, 1.54) is 0 Å². The summed E-state index contributed by atoms with van der Waals surface area (Å²) in [6.07, 6.45) is 5.40. The first-order valence-electron chi connectivity index (χ1n) is 9.83. The number of hydrogen-bond donors (Lipinski definition) is 1. The van der Waals surface area contributed by atoms with E-state index in [-0.39, 0.29) is 11.8 Å². The van der Waals surface area contributed by atoms with Gasteiger partial charge in [-0.05, 0) is 43.5 Å². The number of rotatable bonds is 4. The summed E-state index contributed by atoms with van der Waals surface area (Å²) in [5.74, 6) is -0.251. The van der Waals surface area contributed by atoms with Crippen molar-refractivity contribution in [2.75, 3.05) is 13.1 Å². The molecule has 2 amide bonds. The molecule has 150 valence electrons. The zero-order valence-electron chi connectivity index (χ0n) is 16.4. The minimum absolute atomic E-state index is 0.00847. The van der Waals surface area contributed by atoms with Crippen LogP contribution in [0.5, 0.6) is 0 Å². The van der Waals surface area contributed by atoms with Crippen LogP contribution in [0.4, 0.5) is 0 Å². The van der Waals surface area contributed by atoms with Gasteiger partial charge in [-0.1, -0.05) is 28.9 Å². The van der Waals surface area contributed by atoms with Crippen LogP contribution in [-0.4, -0.2) is 46.1 Å². The van der Waals surface area contributed by atoms with Crippen LogP contribution < -0.4 is 5.32 Å². The first-order chi connectivity index (χ1) is 14.0. The standard InChI is InChI=1S/C22H24N4O3/c1-16-5-2-7-18(11-16)21(28)26-10-4-8-22(15-26)12-19(25-29-22)20(27)24-14-17-6-3-9-23-13-17/h2-3,5-7,9,11,13H,4,8,10,12,14-15H2,1H3,(H,24,27). The Hall–Kier alpha value is -3.22. The van der Waals surface area contributed by atoms with Crippen molar-refractivity contribution in [1.29, 1.82) is 0 Å². The number of amides is 2. The summed E-state index contributed by atoms with van der Waals surface area (Å²) in [5.41, 5.74) is 2.41. The second kappa shape index (κ2) is 8.03. The lowest BCUT2D eigenvalue weighted by Crippen LogP contribution is -2.51. The monoisotopic (exact) mass is 392 g/mol. The van der Waals surface area contributed by atoms with Crippen molar-refractivity contribution in [3.8, 4) is 0 Å². The molecule has 1 spiro atoms. The highest BCUT2D eigenvalue weighted by Crippen LogP contribution is 2.34. The molecular weight excluding hydrogens is 368 g/mol. The molecular formula is C22H24N4O3. The fourth-order valence-corrected chi connectivity index (χ4v) is 3.88. The molecule has 1 N–H and O–H groups in total. The number of hydrogen-bond acceptors (Lipinski definition) is 5. The SMILES string of the molecule is Cc1cccc(C(=O)N2CCCC3(CC(C(=O)NCc4cccnc4)=NO3)C2)c1. The zero-order valence-corrected chi connectivity index (χ0v) is 16.4. The number of carbonyl (C=O) groups excluding carboxylic acids is 2. The number of nitrogens with zero attached hydrogens (tertiary/aromatic N) is 3. The number of carbonyl (C=O) groups is 2. The molecule has 2 aromatic rings. The van der Waals surface area contributed by atoms with Gasteiger partial charge < -0.3 is 15.1 Å². The summed E-state index contributed by atoms with van der Waals surface area (Å²) in [5, 5.41) is 6.92. The maximum Gasteiger partial charge on any atom is 0.269 e. The molecule has 29 heavy (non-hydrogen) atoms. The molecule has 1 unspecified atom stereocenters. The van der Waals surface area contributed by atoms with E-state index in [0.717, 1.165) is 24.0 Å². The second-order valence-electron chi connectivity index (χ2n) is 7.73. The number of oxime groups is 1. The van der Waals surface area contributed by atoms with Gasteiger partial charge in [-0.15, -0.1) is 0 Å². The Kier molecular flexibility index (Phi) is 5.29. The van der Waals surface area contributed by atoms with Crippen LogP contribution in [0.2, 0.25) is 0 Å². The van der Waals surface area contributed by atoms with E-state index in [1.807, 2.05) is 48.2 Å². The molecule has 0 saturated carbocycles. The van der Waals surface area contributed by atoms with Gasteiger partial charge in [-0.3, -0.25) is 14.6 Å². The summed E-state index contributed by atoms with van der Waals surface area (Å²) in [7, 11) is 0. The average molecular weight is 392 g/mol. The van der Waals surface area contributed by atoms with Crippen LogP contribution in [0.25, 0.3) is 0 Å². The molecule has 1 atom stereocenters. The van der Waals surface area contributed by atoms with Crippen LogP contribution >= 0.6 is 0 Å². The molecule has 0 aliphatic carbocycles. The maximum atomic E-state index is 12.9. The number of benzene rings is 1. The summed E-state index contributed by atoms with van der Waals surface area (Å²) >= 11 is 0. The smallest absolute Gasteiger partial charge is 0.269 e. The lowest BCUT2D eigenvalue weighted by Gasteiger charge is -2.38. The fourth-order valence-electron chi connectivity index (χ4n) is 3.88. The average Bonchev–Trinajstić information content (AvgIpc) is 3.15. The predicted molar refractivity (Wildman–Crippen MR) is 108 cm³/mol. The van der Waals surface area contributed by atoms with E-state index in [9.17, 15) is 9.59 Å². The highest BCUT2D eigenvalue weighted by Gasteiger charge is 2.45. The van der Waals surface area contributed by atoms with Crippen LogP contribution in [-0.2, 0) is 16.2 Å². The van der Waals surface area contributed by atoms with Crippen molar-refractivity contribution in [2.24, 2.45) is 5.16 Å². The van der Waals surface area contributed by atoms with Gasteiger partial charge in [0.1, 0.15) is 5.71 Å². The first-order valence-corrected chi connectivity index (χ1v) is 9.83. The van der Waals surface area contributed by atoms with Crippen LogP contribution in [0, 0.1) is 6.92 Å². The highest BCUT2D eigenvalue weighted by molar-refractivity contribution is 6.39. The van der Waals surface area contributed by atoms with Gasteiger partial charge in [-0.2, -0.15) is 0 Å². The Morgan fingerprint density at radius 1 is 1.28 bits per heavy atom. The molecule has 7 nitrogen and oxygen atoms in total. The van der Waals surface area contributed by atoms with Crippen LogP contribution in [0.15, 0.2) is 53.9 Å². The molecule has 7 heteroatoms. The number of nitrogens with one attached hydrogen (secondary N) is 1. The van der Waals surface area contributed by atoms with Gasteiger partial charge in [0.25, 0.3) is 11.8 Å². The van der Waals surface area contributed by atoms with E-state index in [0.29, 0.717) is 37.3 Å². The summed E-state index contributed by atoms with van der Waals surface area (Å²) in [4.78, 5) is 37.0. The summed E-state index contributed by atoms with van der Waals surface area (Å²) < 4.78 is 0. The second-order valence-corrected chi connectivity index (χ2v) is 7.73. The molecule has 0 radical (unpaired) electrons. The number of piperidine rings is 1. The predicted octanol–water partition coefficient (Wildman–Crippen LogP) is 2.46. The molecule has 4 rings (SSSR count). The van der Waals surface area contributed by atoms with E-state index in [4.69, 9.17) is 4.84 Å². The Labute approximate surface area is 169 Å². The molecule has 2 aliphatic rings. The third kappa shape index (κ3) is 4.29. The minimum atomic E-state index is -0.612. The molecule has 1 aromatic carbocycles. The number of aromatic nitrogens is 1. The van der Waals surface area contributed by atoms with Crippen molar-refractivity contribution in [3.63, 3.8) is 0 Å². The minimum Gasteiger partial charge on any atom is -0.386 e. The first kappa shape index (κ1) is 19.1. The normalized spacial score (nSPS) is 20.9. The number of likely N-dealkylation sites (tertiary alicyclic amines) is 1. The Morgan fingerprint density at radius 2 is 2.17 bits per heavy atom. The molecule has 1 saturated heterocycles. The van der Waals surface area contributed by atoms with Gasteiger partial charge >= 0.3 is 0 Å². The third-order valence-electron chi connectivity index (χ3n) is 5.37. The molecule has 1 aromatic heterocycles. The lowest BCUT2D eigenvalue weighted by atomic mass is 9.87. The molecule has 0 bridgehead atoms. The van der Waals surface area contributed by atoms with Crippen LogP contribution in [0.1, 0.15) is 40.7 Å². The van der Waals surface area contributed by atoms with Crippen LogP contribution in [0.3, 0.4) is 0 Å². The van der Waals surface area contributed by atoms with E-state index in [1.54, 1.807) is 12.4 Å². The summed E-state index contributed by atoms with van der Waals surface area (Å²) in [6.45, 7) is 3.47. The molecule has 1 fully saturated rings. The quantitative estimate of drug-likeness (QED) is 0.866. The Bertz CT molecular complexity index is 944. The zero-order chi connectivity index (χ0) is 20.3. The van der Waals surface area contributed by atoms with E-state index in [2.05, 4.69) is 15.5 Å². The fraction of sp³-hybridized carbons (Fsp3) is 0.364. The van der Waals surface area contributed by atoms with Crippen molar-refractivity contribution < 1.29 is 14.4 Å². The van der Waals surface area contributed by atoms with Gasteiger partial charge in [-0.25, -0.2) is 0 Å². The van der Waals surface area contributed by atoms with Crippen molar-refractivity contribution in [3.05, 3.63) is 65.5 Å². The number of pyridine rings is 1. The lowest BCUT2D eigenvalue weighted by molar-refractivity contribution is -0.115. The maximum absolute atomic E-state index is 12.9. The van der Waals surface area contributed by atoms with E-state index < -0.39 is 5.60 Å². The van der Waals surface area contributed by atoms with Gasteiger partial charge in [0.05, 0.1) is 6.54 Å². The van der Waals surface area contributed by atoms with Crippen molar-refractivity contribution in [1.82, 2.24) is 15.2 Å².